The first kappa shape index (κ1) is 15.2. The average molecular weight is 290 g/mol. The van der Waals surface area contributed by atoms with E-state index in [2.05, 4.69) is 5.32 Å². The van der Waals surface area contributed by atoms with Crippen LogP contribution in [0.5, 0.6) is 0 Å². The maximum absolute atomic E-state index is 11.8. The summed E-state index contributed by atoms with van der Waals surface area (Å²) in [4.78, 5) is 21.9. The van der Waals surface area contributed by atoms with E-state index in [1.807, 2.05) is 13.8 Å². The van der Waals surface area contributed by atoms with Crippen LogP contribution in [0.1, 0.15) is 25.8 Å². The molecule has 2 rings (SSSR count). The van der Waals surface area contributed by atoms with Gasteiger partial charge in [0.25, 0.3) is 5.69 Å². The smallest absolute Gasteiger partial charge is 0.269 e. The number of nitrogens with zero attached hydrogens (tertiary/aromatic N) is 1. The molecule has 0 aromatic heterocycles. The maximum atomic E-state index is 11.8. The molecular formula is C15H18N2O4. The van der Waals surface area contributed by atoms with Crippen molar-refractivity contribution < 1.29 is 14.8 Å². The van der Waals surface area contributed by atoms with Gasteiger partial charge >= 0.3 is 0 Å². The quantitative estimate of drug-likeness (QED) is 0.503. The topological polar surface area (TPSA) is 92.5 Å². The Labute approximate surface area is 122 Å². The van der Waals surface area contributed by atoms with Crippen molar-refractivity contribution in [3.05, 3.63) is 46.0 Å². The molecule has 6 nitrogen and oxygen atoms in total. The standard InChI is InChI=1S/C15H18N2O4/c1-15(2)12(9-13(15)18)16-14(19)8-5-10-3-6-11(7-4-10)17(20)21/h3-8,12-13,18H,9H2,1-2H3,(H,16,19)/b8-5+. The van der Waals surface area contributed by atoms with E-state index in [-0.39, 0.29) is 29.2 Å². The number of rotatable bonds is 4. The van der Waals surface area contributed by atoms with Crippen LogP contribution in [0.4, 0.5) is 5.69 Å². The van der Waals surface area contributed by atoms with Crippen LogP contribution in [-0.2, 0) is 4.79 Å². The number of non-ortho nitro benzene ring substituents is 1. The van der Waals surface area contributed by atoms with Gasteiger partial charge in [-0.2, -0.15) is 0 Å². The van der Waals surface area contributed by atoms with E-state index in [1.54, 1.807) is 18.2 Å². The molecule has 112 valence electrons. The van der Waals surface area contributed by atoms with Crippen molar-refractivity contribution >= 4 is 17.7 Å². The van der Waals surface area contributed by atoms with Crippen molar-refractivity contribution in [3.8, 4) is 0 Å². The molecule has 1 aliphatic rings. The van der Waals surface area contributed by atoms with Crippen LogP contribution in [0.3, 0.4) is 0 Å². The predicted molar refractivity (Wildman–Crippen MR) is 78.5 cm³/mol. The van der Waals surface area contributed by atoms with Crippen molar-refractivity contribution in [2.24, 2.45) is 5.41 Å². The molecule has 1 aliphatic carbocycles. The summed E-state index contributed by atoms with van der Waals surface area (Å²) >= 11 is 0. The van der Waals surface area contributed by atoms with Crippen molar-refractivity contribution in [2.75, 3.05) is 0 Å². The minimum absolute atomic E-state index is 0.0156. The van der Waals surface area contributed by atoms with Gasteiger partial charge in [-0.3, -0.25) is 14.9 Å². The molecule has 21 heavy (non-hydrogen) atoms. The Kier molecular flexibility index (Phi) is 4.09. The molecule has 0 bridgehead atoms. The molecule has 0 saturated heterocycles. The van der Waals surface area contributed by atoms with Crippen LogP contribution in [0.2, 0.25) is 0 Å². The summed E-state index contributed by atoms with van der Waals surface area (Å²) in [5, 5.41) is 23.0. The second kappa shape index (κ2) is 5.65. The number of benzene rings is 1. The summed E-state index contributed by atoms with van der Waals surface area (Å²) in [5.41, 5.74) is 0.419. The Balaban J connectivity index is 1.92. The van der Waals surface area contributed by atoms with Gasteiger partial charge in [0.15, 0.2) is 0 Å². The second-order valence-electron chi connectivity index (χ2n) is 5.82. The molecule has 1 amide bonds. The fourth-order valence-corrected chi connectivity index (χ4v) is 2.25. The Morgan fingerprint density at radius 3 is 2.52 bits per heavy atom. The highest BCUT2D eigenvalue weighted by molar-refractivity contribution is 5.92. The lowest BCUT2D eigenvalue weighted by Gasteiger charge is -2.49. The number of nitro groups is 1. The van der Waals surface area contributed by atoms with Gasteiger partial charge in [-0.05, 0) is 30.2 Å². The molecule has 0 spiro atoms. The number of carbonyl (C=O) groups excluding carboxylic acids is 1. The van der Waals surface area contributed by atoms with Gasteiger partial charge in [0.05, 0.1) is 11.0 Å². The summed E-state index contributed by atoms with van der Waals surface area (Å²) in [5.74, 6) is -0.238. The number of aliphatic hydroxyl groups excluding tert-OH is 1. The lowest BCUT2D eigenvalue weighted by atomic mass is 9.64. The zero-order valence-electron chi connectivity index (χ0n) is 11.9. The molecule has 0 heterocycles. The third-order valence-corrected chi connectivity index (χ3v) is 4.06. The van der Waals surface area contributed by atoms with E-state index in [9.17, 15) is 20.0 Å². The van der Waals surface area contributed by atoms with E-state index in [4.69, 9.17) is 0 Å². The van der Waals surface area contributed by atoms with Gasteiger partial charge in [-0.15, -0.1) is 0 Å². The van der Waals surface area contributed by atoms with Gasteiger partial charge in [0, 0.05) is 29.7 Å². The van der Waals surface area contributed by atoms with E-state index in [1.165, 1.54) is 18.2 Å². The van der Waals surface area contributed by atoms with E-state index in [0.717, 1.165) is 0 Å². The zero-order chi connectivity index (χ0) is 15.6. The first-order valence-electron chi connectivity index (χ1n) is 6.72. The monoisotopic (exact) mass is 290 g/mol. The normalized spacial score (nSPS) is 23.6. The van der Waals surface area contributed by atoms with Crippen molar-refractivity contribution in [2.45, 2.75) is 32.4 Å². The third-order valence-electron chi connectivity index (χ3n) is 4.06. The maximum Gasteiger partial charge on any atom is 0.269 e. The van der Waals surface area contributed by atoms with Gasteiger partial charge in [-0.1, -0.05) is 13.8 Å². The van der Waals surface area contributed by atoms with Crippen molar-refractivity contribution in [1.29, 1.82) is 0 Å². The first-order chi connectivity index (χ1) is 9.80. The summed E-state index contributed by atoms with van der Waals surface area (Å²) in [6.07, 6.45) is 3.16. The average Bonchev–Trinajstić information content (AvgIpc) is 2.45. The highest BCUT2D eigenvalue weighted by atomic mass is 16.6. The highest BCUT2D eigenvalue weighted by Crippen LogP contribution is 2.40. The number of hydrogen-bond acceptors (Lipinski definition) is 4. The fourth-order valence-electron chi connectivity index (χ4n) is 2.25. The molecule has 2 atom stereocenters. The SMILES string of the molecule is CC1(C)C(O)CC1NC(=O)/C=C/c1ccc([N+](=O)[O-])cc1. The van der Waals surface area contributed by atoms with Crippen LogP contribution >= 0.6 is 0 Å². The number of nitro benzene ring substituents is 1. The Bertz CT molecular complexity index is 578. The molecule has 1 aromatic rings. The van der Waals surface area contributed by atoms with Gasteiger partial charge in [-0.25, -0.2) is 0 Å². The number of nitrogens with one attached hydrogen (secondary N) is 1. The van der Waals surface area contributed by atoms with Crippen molar-refractivity contribution in [3.63, 3.8) is 0 Å². The van der Waals surface area contributed by atoms with Crippen LogP contribution < -0.4 is 5.32 Å². The first-order valence-corrected chi connectivity index (χ1v) is 6.72. The molecule has 1 aromatic carbocycles. The van der Waals surface area contributed by atoms with E-state index >= 15 is 0 Å². The Morgan fingerprint density at radius 2 is 2.05 bits per heavy atom. The number of amides is 1. The largest absolute Gasteiger partial charge is 0.392 e. The van der Waals surface area contributed by atoms with Crippen LogP contribution in [-0.4, -0.2) is 28.1 Å². The number of hydrogen-bond donors (Lipinski definition) is 2. The number of aliphatic hydroxyl groups is 1. The molecule has 6 heteroatoms. The molecule has 0 aliphatic heterocycles. The minimum atomic E-state index is -0.468. The molecule has 2 unspecified atom stereocenters. The summed E-state index contributed by atoms with van der Waals surface area (Å²) < 4.78 is 0. The third kappa shape index (κ3) is 3.28. The Morgan fingerprint density at radius 1 is 1.43 bits per heavy atom. The fraction of sp³-hybridized carbons (Fsp3) is 0.400. The lowest BCUT2D eigenvalue weighted by Crippen LogP contribution is -2.60. The molecule has 0 radical (unpaired) electrons. The molecule has 1 fully saturated rings. The lowest BCUT2D eigenvalue weighted by molar-refractivity contribution is -0.384. The number of carbonyl (C=O) groups is 1. The molecule has 2 N–H and O–H groups in total. The van der Waals surface area contributed by atoms with E-state index < -0.39 is 4.92 Å². The predicted octanol–water partition coefficient (Wildman–Crippen LogP) is 1.88. The van der Waals surface area contributed by atoms with Crippen LogP contribution in [0.25, 0.3) is 6.08 Å². The summed E-state index contributed by atoms with van der Waals surface area (Å²) in [6.45, 7) is 3.82. The summed E-state index contributed by atoms with van der Waals surface area (Å²) in [7, 11) is 0. The Hall–Kier alpha value is -2.21. The van der Waals surface area contributed by atoms with Gasteiger partial charge in [0.1, 0.15) is 0 Å². The van der Waals surface area contributed by atoms with Crippen LogP contribution in [0.15, 0.2) is 30.3 Å². The van der Waals surface area contributed by atoms with E-state index in [0.29, 0.717) is 12.0 Å². The minimum Gasteiger partial charge on any atom is -0.392 e. The molecular weight excluding hydrogens is 272 g/mol. The van der Waals surface area contributed by atoms with Gasteiger partial charge < -0.3 is 10.4 Å². The molecule has 1 saturated carbocycles. The second-order valence-corrected chi connectivity index (χ2v) is 5.82. The zero-order valence-corrected chi connectivity index (χ0v) is 11.9. The van der Waals surface area contributed by atoms with Crippen molar-refractivity contribution in [1.82, 2.24) is 5.32 Å². The highest BCUT2D eigenvalue weighted by Gasteiger charge is 2.47. The van der Waals surface area contributed by atoms with Gasteiger partial charge in [0.2, 0.25) is 5.91 Å². The van der Waals surface area contributed by atoms with Crippen LogP contribution in [0, 0.1) is 15.5 Å². The summed E-state index contributed by atoms with van der Waals surface area (Å²) in [6, 6.07) is 5.91.